The van der Waals surface area contributed by atoms with E-state index in [0.717, 1.165) is 16.9 Å². The number of hydrogen-bond acceptors (Lipinski definition) is 5. The number of carbonyl (C=O) groups excluding carboxylic acids is 1. The Morgan fingerprint density at radius 3 is 2.18 bits per heavy atom. The monoisotopic (exact) mass is 442 g/mol. The highest BCUT2D eigenvalue weighted by molar-refractivity contribution is 5.80. The Kier molecular flexibility index (Phi) is 6.80. The lowest BCUT2D eigenvalue weighted by Gasteiger charge is -2.15. The minimum Gasteiger partial charge on any atom is -0.481 e. The van der Waals surface area contributed by atoms with Gasteiger partial charge in [-0.2, -0.15) is 0 Å². The van der Waals surface area contributed by atoms with Crippen LogP contribution < -0.4 is 4.74 Å². The predicted octanol–water partition coefficient (Wildman–Crippen LogP) is 5.10. The molecule has 1 aromatic heterocycles. The van der Waals surface area contributed by atoms with Gasteiger partial charge in [-0.1, -0.05) is 48.5 Å². The number of carboxylic acid groups (broad SMARTS) is 1. The van der Waals surface area contributed by atoms with Gasteiger partial charge >= 0.3 is 11.9 Å². The Bertz CT molecular complexity index is 1200. The van der Waals surface area contributed by atoms with E-state index in [2.05, 4.69) is 4.98 Å². The largest absolute Gasteiger partial charge is 0.481 e. The van der Waals surface area contributed by atoms with Crippen LogP contribution in [0.1, 0.15) is 18.0 Å². The van der Waals surface area contributed by atoms with Gasteiger partial charge in [-0.25, -0.2) is 9.78 Å². The van der Waals surface area contributed by atoms with E-state index in [-0.39, 0.29) is 6.61 Å². The molecule has 0 aliphatic heterocycles. The maximum atomic E-state index is 12.7. The van der Waals surface area contributed by atoms with Gasteiger partial charge in [0.2, 0.25) is 0 Å². The molecule has 4 aromatic rings. The van der Waals surface area contributed by atoms with E-state index in [4.69, 9.17) is 9.47 Å². The van der Waals surface area contributed by atoms with Crippen LogP contribution in [0.15, 0.2) is 97.5 Å². The molecule has 1 atom stereocenters. The number of esters is 1. The zero-order valence-corrected chi connectivity index (χ0v) is 17.7. The van der Waals surface area contributed by atoms with Crippen LogP contribution in [0.5, 0.6) is 11.5 Å². The molecule has 0 spiro atoms. The van der Waals surface area contributed by atoms with Gasteiger partial charge in [0, 0.05) is 11.8 Å². The minimum atomic E-state index is -1.10. The number of imidazole rings is 1. The second-order valence-corrected chi connectivity index (χ2v) is 7.35. The van der Waals surface area contributed by atoms with Crippen molar-refractivity contribution >= 4 is 11.9 Å². The average Bonchev–Trinajstić information content (AvgIpc) is 3.33. The summed E-state index contributed by atoms with van der Waals surface area (Å²) in [6, 6.07) is 25.0. The fourth-order valence-electron chi connectivity index (χ4n) is 3.28. The summed E-state index contributed by atoms with van der Waals surface area (Å²) in [5.41, 5.74) is 2.23. The van der Waals surface area contributed by atoms with Gasteiger partial charge < -0.3 is 19.1 Å². The molecule has 0 saturated carbocycles. The third-order valence-corrected chi connectivity index (χ3v) is 4.95. The molecule has 0 fully saturated rings. The summed E-state index contributed by atoms with van der Waals surface area (Å²) in [5.74, 6) is -0.316. The van der Waals surface area contributed by atoms with E-state index in [1.165, 1.54) is 10.9 Å². The van der Waals surface area contributed by atoms with Crippen LogP contribution in [-0.4, -0.2) is 26.6 Å². The molecule has 1 heterocycles. The van der Waals surface area contributed by atoms with Crippen molar-refractivity contribution in [2.75, 3.05) is 0 Å². The van der Waals surface area contributed by atoms with Crippen molar-refractivity contribution in [1.82, 2.24) is 9.55 Å². The Hall–Kier alpha value is -4.39. The zero-order chi connectivity index (χ0) is 23.0. The highest BCUT2D eigenvalue weighted by Gasteiger charge is 2.25. The molecule has 0 radical (unpaired) electrons. The smallest absolute Gasteiger partial charge is 0.330 e. The van der Waals surface area contributed by atoms with Crippen molar-refractivity contribution < 1.29 is 24.2 Å². The Balaban J connectivity index is 1.46. The highest BCUT2D eigenvalue weighted by Crippen LogP contribution is 2.26. The number of para-hydroxylation sites is 1. The standard InChI is InChI=1S/C26H22N2O5/c29-25(30)15-24(26(31)32-17-19-7-3-1-4-8-19)28-16-23(27-18-28)20-11-13-22(14-12-20)33-21-9-5-2-6-10-21/h1-14,16,18,24H,15,17H2,(H,29,30). The minimum absolute atomic E-state index is 0.0697. The van der Waals surface area contributed by atoms with Crippen molar-refractivity contribution in [2.45, 2.75) is 19.1 Å². The van der Waals surface area contributed by atoms with E-state index in [1.807, 2.05) is 84.9 Å². The van der Waals surface area contributed by atoms with Crippen LogP contribution in [0, 0.1) is 0 Å². The van der Waals surface area contributed by atoms with Gasteiger partial charge in [-0.3, -0.25) is 4.79 Å². The van der Waals surface area contributed by atoms with E-state index >= 15 is 0 Å². The molecule has 7 heteroatoms. The summed E-state index contributed by atoms with van der Waals surface area (Å²) in [7, 11) is 0. The summed E-state index contributed by atoms with van der Waals surface area (Å²) in [5, 5.41) is 9.30. The molecule has 4 rings (SSSR count). The first-order valence-electron chi connectivity index (χ1n) is 10.4. The molecule has 1 N–H and O–H groups in total. The number of carboxylic acids is 1. The normalized spacial score (nSPS) is 11.5. The number of benzene rings is 3. The van der Waals surface area contributed by atoms with Crippen molar-refractivity contribution in [3.8, 4) is 22.8 Å². The fourth-order valence-corrected chi connectivity index (χ4v) is 3.28. The number of ether oxygens (including phenoxy) is 2. The van der Waals surface area contributed by atoms with Gasteiger partial charge in [-0.05, 0) is 42.0 Å². The van der Waals surface area contributed by atoms with E-state index in [0.29, 0.717) is 11.4 Å². The summed E-state index contributed by atoms with van der Waals surface area (Å²) in [6.07, 6.45) is 2.68. The molecule has 0 saturated heterocycles. The molecule has 166 valence electrons. The van der Waals surface area contributed by atoms with Gasteiger partial charge in [0.25, 0.3) is 0 Å². The predicted molar refractivity (Wildman–Crippen MR) is 122 cm³/mol. The maximum absolute atomic E-state index is 12.7. The summed E-state index contributed by atoms with van der Waals surface area (Å²) in [6.45, 7) is 0.0697. The zero-order valence-electron chi connectivity index (χ0n) is 17.7. The van der Waals surface area contributed by atoms with Crippen molar-refractivity contribution in [1.29, 1.82) is 0 Å². The van der Waals surface area contributed by atoms with Crippen LogP contribution in [0.3, 0.4) is 0 Å². The van der Waals surface area contributed by atoms with E-state index in [9.17, 15) is 14.7 Å². The van der Waals surface area contributed by atoms with Crippen LogP contribution >= 0.6 is 0 Å². The SMILES string of the molecule is O=C(O)CC(C(=O)OCc1ccccc1)n1cnc(-c2ccc(Oc3ccccc3)cc2)c1. The van der Waals surface area contributed by atoms with Gasteiger partial charge in [-0.15, -0.1) is 0 Å². The second-order valence-electron chi connectivity index (χ2n) is 7.35. The first-order valence-corrected chi connectivity index (χ1v) is 10.4. The summed E-state index contributed by atoms with van der Waals surface area (Å²) < 4.78 is 12.6. The molecule has 3 aromatic carbocycles. The number of rotatable bonds is 9. The number of aromatic nitrogens is 2. The van der Waals surface area contributed by atoms with Gasteiger partial charge in [0.15, 0.2) is 0 Å². The van der Waals surface area contributed by atoms with Crippen LogP contribution in [-0.2, 0) is 20.9 Å². The lowest BCUT2D eigenvalue weighted by Crippen LogP contribution is -2.23. The lowest BCUT2D eigenvalue weighted by atomic mass is 10.1. The maximum Gasteiger partial charge on any atom is 0.330 e. The van der Waals surface area contributed by atoms with E-state index in [1.54, 1.807) is 6.20 Å². The van der Waals surface area contributed by atoms with E-state index < -0.39 is 24.4 Å². The molecule has 33 heavy (non-hydrogen) atoms. The number of nitrogens with zero attached hydrogens (tertiary/aromatic N) is 2. The Labute approximate surface area is 190 Å². The highest BCUT2D eigenvalue weighted by atomic mass is 16.5. The molecule has 0 aliphatic rings. The fraction of sp³-hybridized carbons (Fsp3) is 0.115. The van der Waals surface area contributed by atoms with Crippen LogP contribution in [0.25, 0.3) is 11.3 Å². The quantitative estimate of drug-likeness (QED) is 0.363. The molecule has 0 aliphatic carbocycles. The van der Waals surface area contributed by atoms with Gasteiger partial charge in [0.1, 0.15) is 24.1 Å². The molecule has 0 amide bonds. The number of carbonyl (C=O) groups is 2. The van der Waals surface area contributed by atoms with Crippen molar-refractivity contribution in [3.05, 3.63) is 103 Å². The summed E-state index contributed by atoms with van der Waals surface area (Å²) in [4.78, 5) is 28.4. The molecule has 1 unspecified atom stereocenters. The van der Waals surface area contributed by atoms with Crippen molar-refractivity contribution in [2.24, 2.45) is 0 Å². The van der Waals surface area contributed by atoms with Gasteiger partial charge in [0.05, 0.1) is 18.4 Å². The molecular weight excluding hydrogens is 420 g/mol. The van der Waals surface area contributed by atoms with Crippen molar-refractivity contribution in [3.63, 3.8) is 0 Å². The third kappa shape index (κ3) is 5.86. The molecule has 7 nitrogen and oxygen atoms in total. The number of hydrogen-bond donors (Lipinski definition) is 1. The Morgan fingerprint density at radius 1 is 0.879 bits per heavy atom. The third-order valence-electron chi connectivity index (χ3n) is 4.95. The van der Waals surface area contributed by atoms with Crippen LogP contribution in [0.2, 0.25) is 0 Å². The lowest BCUT2D eigenvalue weighted by molar-refractivity contribution is -0.153. The number of aliphatic carboxylic acids is 1. The first kappa shape index (κ1) is 21.8. The molecular formula is C26H22N2O5. The first-order chi connectivity index (χ1) is 16.1. The average molecular weight is 442 g/mol. The second kappa shape index (κ2) is 10.3. The topological polar surface area (TPSA) is 90.7 Å². The summed E-state index contributed by atoms with van der Waals surface area (Å²) >= 11 is 0. The van der Waals surface area contributed by atoms with Crippen LogP contribution in [0.4, 0.5) is 0 Å². The molecule has 0 bridgehead atoms. The Morgan fingerprint density at radius 2 is 1.52 bits per heavy atom.